The molecule has 0 radical (unpaired) electrons. The molecule has 2 N–H and O–H groups in total. The number of benzene rings is 1. The van der Waals surface area contributed by atoms with Gasteiger partial charge in [-0.3, -0.25) is 0 Å². The van der Waals surface area contributed by atoms with Crippen LogP contribution in [-0.4, -0.2) is 0 Å². The van der Waals surface area contributed by atoms with Crippen LogP contribution in [0.2, 0.25) is 9.36 Å². The highest BCUT2D eigenvalue weighted by molar-refractivity contribution is 7.16. The highest BCUT2D eigenvalue weighted by Gasteiger charge is 2.13. The van der Waals surface area contributed by atoms with Crippen LogP contribution in [0, 0.1) is 0 Å². The summed E-state index contributed by atoms with van der Waals surface area (Å²) in [5.74, 6) is 0. The average Bonchev–Trinajstić information content (AvgIpc) is 2.65. The average molecular weight is 258 g/mol. The van der Waals surface area contributed by atoms with Crippen molar-refractivity contribution in [1.29, 1.82) is 0 Å². The standard InChI is InChI=1S/C11H9Cl2NS/c12-8-4-2-1-3-7(8)11(14)9-5-6-10(13)15-9/h1-6,11H,14H2. The van der Waals surface area contributed by atoms with E-state index in [-0.39, 0.29) is 6.04 Å². The fourth-order valence-electron chi connectivity index (χ4n) is 1.38. The second-order valence-corrected chi connectivity index (χ2v) is 5.29. The molecular weight excluding hydrogens is 249 g/mol. The van der Waals surface area contributed by atoms with Crippen molar-refractivity contribution in [2.75, 3.05) is 0 Å². The summed E-state index contributed by atoms with van der Waals surface area (Å²) in [5.41, 5.74) is 7.03. The van der Waals surface area contributed by atoms with Gasteiger partial charge in [-0.2, -0.15) is 0 Å². The molecule has 4 heteroatoms. The highest BCUT2D eigenvalue weighted by Crippen LogP contribution is 2.32. The maximum atomic E-state index is 6.10. The minimum absolute atomic E-state index is 0.198. The van der Waals surface area contributed by atoms with Crippen LogP contribution in [0.3, 0.4) is 0 Å². The van der Waals surface area contributed by atoms with Crippen LogP contribution in [0.5, 0.6) is 0 Å². The Morgan fingerprint density at radius 1 is 1.07 bits per heavy atom. The molecule has 2 aromatic rings. The summed E-state index contributed by atoms with van der Waals surface area (Å²) >= 11 is 13.4. The minimum atomic E-state index is -0.198. The molecule has 0 spiro atoms. The fraction of sp³-hybridized carbons (Fsp3) is 0.0909. The second kappa shape index (κ2) is 4.54. The topological polar surface area (TPSA) is 26.0 Å². The molecule has 0 bridgehead atoms. The molecule has 0 saturated carbocycles. The SMILES string of the molecule is NC(c1ccc(Cl)s1)c1ccccc1Cl. The van der Waals surface area contributed by atoms with E-state index < -0.39 is 0 Å². The molecule has 15 heavy (non-hydrogen) atoms. The number of halogens is 2. The van der Waals surface area contributed by atoms with Crippen LogP contribution in [0.15, 0.2) is 36.4 Å². The second-order valence-electron chi connectivity index (χ2n) is 3.14. The molecule has 0 fully saturated rings. The van der Waals surface area contributed by atoms with Gasteiger partial charge < -0.3 is 5.73 Å². The Labute approximate surface area is 102 Å². The Hall–Kier alpha value is -0.540. The van der Waals surface area contributed by atoms with E-state index in [1.54, 1.807) is 0 Å². The van der Waals surface area contributed by atoms with Gasteiger partial charge in [0.2, 0.25) is 0 Å². The van der Waals surface area contributed by atoms with E-state index in [0.29, 0.717) is 5.02 Å². The lowest BCUT2D eigenvalue weighted by molar-refractivity contribution is 0.894. The molecule has 0 aliphatic rings. The van der Waals surface area contributed by atoms with Gasteiger partial charge in [-0.05, 0) is 23.8 Å². The van der Waals surface area contributed by atoms with E-state index in [1.165, 1.54) is 11.3 Å². The summed E-state index contributed by atoms with van der Waals surface area (Å²) in [6, 6.07) is 11.2. The third-order valence-electron chi connectivity index (χ3n) is 2.14. The summed E-state index contributed by atoms with van der Waals surface area (Å²) in [4.78, 5) is 1.02. The van der Waals surface area contributed by atoms with Crippen LogP contribution in [0.1, 0.15) is 16.5 Å². The summed E-state index contributed by atoms with van der Waals surface area (Å²) in [6.45, 7) is 0. The molecule has 1 aromatic heterocycles. The van der Waals surface area contributed by atoms with Crippen molar-refractivity contribution in [3.8, 4) is 0 Å². The molecule has 2 rings (SSSR count). The zero-order valence-electron chi connectivity index (χ0n) is 7.78. The molecule has 0 amide bonds. The van der Waals surface area contributed by atoms with Gasteiger partial charge in [0.1, 0.15) is 0 Å². The summed E-state index contributed by atoms with van der Waals surface area (Å²) < 4.78 is 0.743. The van der Waals surface area contributed by atoms with Crippen LogP contribution >= 0.6 is 34.5 Å². The van der Waals surface area contributed by atoms with Gasteiger partial charge in [-0.1, -0.05) is 41.4 Å². The minimum Gasteiger partial charge on any atom is -0.320 e. The molecule has 1 nitrogen and oxygen atoms in total. The summed E-state index contributed by atoms with van der Waals surface area (Å²) in [5, 5.41) is 0.689. The van der Waals surface area contributed by atoms with Crippen LogP contribution in [0.4, 0.5) is 0 Å². The van der Waals surface area contributed by atoms with E-state index >= 15 is 0 Å². The first kappa shape index (κ1) is 11.0. The van der Waals surface area contributed by atoms with Crippen LogP contribution < -0.4 is 5.73 Å². The van der Waals surface area contributed by atoms with Gasteiger partial charge in [0.15, 0.2) is 0 Å². The van der Waals surface area contributed by atoms with E-state index in [4.69, 9.17) is 28.9 Å². The van der Waals surface area contributed by atoms with E-state index in [1.807, 2.05) is 36.4 Å². The molecule has 0 aliphatic carbocycles. The van der Waals surface area contributed by atoms with Crippen molar-refractivity contribution in [2.24, 2.45) is 5.73 Å². The van der Waals surface area contributed by atoms with Crippen molar-refractivity contribution >= 4 is 34.5 Å². The molecule has 0 aliphatic heterocycles. The van der Waals surface area contributed by atoms with Crippen molar-refractivity contribution < 1.29 is 0 Å². The quantitative estimate of drug-likeness (QED) is 0.862. The first-order chi connectivity index (χ1) is 7.18. The molecule has 1 aromatic carbocycles. The van der Waals surface area contributed by atoms with Gasteiger partial charge in [-0.15, -0.1) is 11.3 Å². The third kappa shape index (κ3) is 2.34. The van der Waals surface area contributed by atoms with Gasteiger partial charge in [0, 0.05) is 9.90 Å². The third-order valence-corrected chi connectivity index (χ3v) is 3.80. The van der Waals surface area contributed by atoms with E-state index in [9.17, 15) is 0 Å². The summed E-state index contributed by atoms with van der Waals surface area (Å²) in [7, 11) is 0. The van der Waals surface area contributed by atoms with Crippen molar-refractivity contribution in [2.45, 2.75) is 6.04 Å². The Balaban J connectivity index is 2.36. The van der Waals surface area contributed by atoms with Crippen LogP contribution in [-0.2, 0) is 0 Å². The Bertz CT molecular complexity index is 467. The lowest BCUT2D eigenvalue weighted by atomic mass is 10.1. The Morgan fingerprint density at radius 3 is 2.40 bits per heavy atom. The molecule has 1 heterocycles. The fourth-order valence-corrected chi connectivity index (χ4v) is 2.71. The highest BCUT2D eigenvalue weighted by atomic mass is 35.5. The Kier molecular flexibility index (Phi) is 3.32. The van der Waals surface area contributed by atoms with Gasteiger partial charge >= 0.3 is 0 Å². The first-order valence-electron chi connectivity index (χ1n) is 4.43. The largest absolute Gasteiger partial charge is 0.320 e. The normalized spacial score (nSPS) is 12.7. The zero-order chi connectivity index (χ0) is 10.8. The smallest absolute Gasteiger partial charge is 0.0931 e. The molecule has 1 unspecified atom stereocenters. The van der Waals surface area contributed by atoms with Gasteiger partial charge in [-0.25, -0.2) is 0 Å². The molecular formula is C11H9Cl2NS. The molecule has 0 saturated heterocycles. The first-order valence-corrected chi connectivity index (χ1v) is 6.01. The van der Waals surface area contributed by atoms with Gasteiger partial charge in [0.05, 0.1) is 10.4 Å². The summed E-state index contributed by atoms with van der Waals surface area (Å²) in [6.07, 6.45) is 0. The lowest BCUT2D eigenvalue weighted by Gasteiger charge is -2.11. The Morgan fingerprint density at radius 2 is 1.80 bits per heavy atom. The molecule has 1 atom stereocenters. The van der Waals surface area contributed by atoms with Crippen molar-refractivity contribution in [3.05, 3.63) is 56.2 Å². The number of rotatable bonds is 2. The van der Waals surface area contributed by atoms with E-state index in [2.05, 4.69) is 0 Å². The lowest BCUT2D eigenvalue weighted by Crippen LogP contribution is -2.10. The van der Waals surface area contributed by atoms with Crippen molar-refractivity contribution in [3.63, 3.8) is 0 Å². The number of nitrogens with two attached hydrogens (primary N) is 1. The predicted molar refractivity (Wildman–Crippen MR) is 66.8 cm³/mol. The predicted octanol–water partition coefficient (Wildman–Crippen LogP) is 4.10. The maximum Gasteiger partial charge on any atom is 0.0931 e. The maximum absolute atomic E-state index is 6.10. The zero-order valence-corrected chi connectivity index (χ0v) is 10.1. The van der Waals surface area contributed by atoms with Crippen LogP contribution in [0.25, 0.3) is 0 Å². The van der Waals surface area contributed by atoms with Gasteiger partial charge in [0.25, 0.3) is 0 Å². The number of hydrogen-bond acceptors (Lipinski definition) is 2. The number of hydrogen-bond donors (Lipinski definition) is 1. The van der Waals surface area contributed by atoms with Crippen molar-refractivity contribution in [1.82, 2.24) is 0 Å². The number of thiophene rings is 1. The van der Waals surface area contributed by atoms with E-state index in [0.717, 1.165) is 14.8 Å². The molecule has 78 valence electrons. The monoisotopic (exact) mass is 257 g/mol.